The predicted molar refractivity (Wildman–Crippen MR) is 72.6 cm³/mol. The molecular weight excluding hydrogens is 304 g/mol. The molecule has 0 unspecified atom stereocenters. The molecule has 2 aromatic rings. The fourth-order valence-electron chi connectivity index (χ4n) is 1.31. The first-order valence-corrected chi connectivity index (χ1v) is 6.08. The van der Waals surface area contributed by atoms with Gasteiger partial charge in [0.1, 0.15) is 10.8 Å². The van der Waals surface area contributed by atoms with Crippen LogP contribution in [0.2, 0.25) is 5.02 Å². The first kappa shape index (κ1) is 12.2. The lowest BCUT2D eigenvalue weighted by atomic mass is 10.2. The lowest BCUT2D eigenvalue weighted by Crippen LogP contribution is -1.93. The number of hydrogen-bond donors (Lipinski definition) is 1. The van der Waals surface area contributed by atoms with Crippen molar-refractivity contribution in [1.29, 1.82) is 0 Å². The smallest absolute Gasteiger partial charge is 0.238 e. The van der Waals surface area contributed by atoms with E-state index in [0.717, 1.165) is 10.0 Å². The predicted octanol–water partition coefficient (Wildman–Crippen LogP) is 4.18. The van der Waals surface area contributed by atoms with Crippen LogP contribution in [-0.4, -0.2) is 4.98 Å². The van der Waals surface area contributed by atoms with E-state index in [4.69, 9.17) is 22.1 Å². The Bertz CT molecular complexity index is 560. The summed E-state index contributed by atoms with van der Waals surface area (Å²) >= 11 is 9.31. The molecule has 3 nitrogen and oxygen atoms in total. The summed E-state index contributed by atoms with van der Waals surface area (Å²) < 4.78 is 6.44. The summed E-state index contributed by atoms with van der Waals surface area (Å²) in [5, 5.41) is 0.446. The Morgan fingerprint density at radius 2 is 2.12 bits per heavy atom. The summed E-state index contributed by atoms with van der Waals surface area (Å²) in [6.07, 6.45) is 1.63. The van der Waals surface area contributed by atoms with Crippen LogP contribution in [0.3, 0.4) is 0 Å². The molecule has 0 aliphatic heterocycles. The Morgan fingerprint density at radius 1 is 1.35 bits per heavy atom. The van der Waals surface area contributed by atoms with Crippen molar-refractivity contribution in [3.05, 3.63) is 45.5 Å². The van der Waals surface area contributed by atoms with Gasteiger partial charge >= 0.3 is 0 Å². The Kier molecular flexibility index (Phi) is 3.54. The van der Waals surface area contributed by atoms with E-state index in [1.54, 1.807) is 18.3 Å². The van der Waals surface area contributed by atoms with E-state index in [-0.39, 0.29) is 0 Å². The zero-order valence-electron chi connectivity index (χ0n) is 9.08. The third kappa shape index (κ3) is 2.90. The zero-order valence-corrected chi connectivity index (χ0v) is 11.4. The van der Waals surface area contributed by atoms with Crippen molar-refractivity contribution in [3.8, 4) is 11.6 Å². The summed E-state index contributed by atoms with van der Waals surface area (Å²) in [6.45, 7) is 1.93. The van der Waals surface area contributed by atoms with Crippen molar-refractivity contribution in [1.82, 2.24) is 4.98 Å². The molecule has 2 rings (SSSR count). The van der Waals surface area contributed by atoms with Crippen molar-refractivity contribution in [2.45, 2.75) is 6.92 Å². The second-order valence-corrected chi connectivity index (χ2v) is 4.89. The summed E-state index contributed by atoms with van der Waals surface area (Å²) in [7, 11) is 0. The van der Waals surface area contributed by atoms with E-state index in [2.05, 4.69) is 20.9 Å². The molecule has 0 saturated heterocycles. The lowest BCUT2D eigenvalue weighted by molar-refractivity contribution is 0.460. The van der Waals surface area contributed by atoms with Crippen LogP contribution in [0.1, 0.15) is 5.56 Å². The van der Waals surface area contributed by atoms with Crippen molar-refractivity contribution in [2.75, 3.05) is 5.73 Å². The molecule has 88 valence electrons. The average molecular weight is 314 g/mol. The standard InChI is InChI=1S/C12H10BrClN2O/c1-7-2-3-9(15)5-11(7)17-12-10(14)4-8(13)6-16-12/h2-6H,15H2,1H3. The van der Waals surface area contributed by atoms with Crippen molar-refractivity contribution >= 4 is 33.2 Å². The number of aromatic nitrogens is 1. The number of benzene rings is 1. The molecule has 0 amide bonds. The molecule has 0 fully saturated rings. The van der Waals surface area contributed by atoms with Crippen LogP contribution in [0.15, 0.2) is 34.9 Å². The van der Waals surface area contributed by atoms with Gasteiger partial charge in [0.2, 0.25) is 5.88 Å². The summed E-state index contributed by atoms with van der Waals surface area (Å²) in [6, 6.07) is 7.18. The number of anilines is 1. The topological polar surface area (TPSA) is 48.1 Å². The van der Waals surface area contributed by atoms with Crippen molar-refractivity contribution in [3.63, 3.8) is 0 Å². The van der Waals surface area contributed by atoms with Gasteiger partial charge in [-0.1, -0.05) is 17.7 Å². The molecule has 1 aromatic heterocycles. The fraction of sp³-hybridized carbons (Fsp3) is 0.0833. The number of nitrogens with two attached hydrogens (primary N) is 1. The molecule has 2 N–H and O–H groups in total. The van der Waals surface area contributed by atoms with Crippen LogP contribution >= 0.6 is 27.5 Å². The number of nitrogen functional groups attached to an aromatic ring is 1. The monoisotopic (exact) mass is 312 g/mol. The Balaban J connectivity index is 2.34. The van der Waals surface area contributed by atoms with Crippen LogP contribution in [-0.2, 0) is 0 Å². The highest BCUT2D eigenvalue weighted by Gasteiger charge is 2.07. The Morgan fingerprint density at radius 3 is 2.82 bits per heavy atom. The second-order valence-electron chi connectivity index (χ2n) is 3.57. The van der Waals surface area contributed by atoms with Gasteiger partial charge in [-0.05, 0) is 40.5 Å². The summed E-state index contributed by atoms with van der Waals surface area (Å²) in [5.74, 6) is 1.02. The van der Waals surface area contributed by atoms with E-state index in [0.29, 0.717) is 22.3 Å². The molecule has 0 aliphatic carbocycles. The van der Waals surface area contributed by atoms with E-state index < -0.39 is 0 Å². The van der Waals surface area contributed by atoms with Gasteiger partial charge in [0.05, 0.1) is 0 Å². The highest BCUT2D eigenvalue weighted by Crippen LogP contribution is 2.31. The van der Waals surface area contributed by atoms with Crippen molar-refractivity contribution < 1.29 is 4.74 Å². The van der Waals surface area contributed by atoms with Gasteiger partial charge in [-0.25, -0.2) is 4.98 Å². The third-order valence-corrected chi connectivity index (χ3v) is 2.90. The molecule has 0 saturated carbocycles. The molecule has 1 aromatic carbocycles. The molecule has 0 atom stereocenters. The zero-order chi connectivity index (χ0) is 12.4. The van der Waals surface area contributed by atoms with E-state index in [9.17, 15) is 0 Å². The minimum Gasteiger partial charge on any atom is -0.437 e. The normalized spacial score (nSPS) is 10.3. The molecule has 0 radical (unpaired) electrons. The van der Waals surface area contributed by atoms with Crippen LogP contribution in [0.25, 0.3) is 0 Å². The first-order valence-electron chi connectivity index (χ1n) is 4.91. The van der Waals surface area contributed by atoms with E-state index in [1.165, 1.54) is 0 Å². The second kappa shape index (κ2) is 4.94. The van der Waals surface area contributed by atoms with Gasteiger partial charge in [-0.3, -0.25) is 0 Å². The van der Waals surface area contributed by atoms with Gasteiger partial charge in [-0.2, -0.15) is 0 Å². The molecule has 1 heterocycles. The average Bonchev–Trinajstić information content (AvgIpc) is 2.27. The van der Waals surface area contributed by atoms with Crippen LogP contribution in [0.5, 0.6) is 11.6 Å². The number of aryl methyl sites for hydroxylation is 1. The van der Waals surface area contributed by atoms with Crippen LogP contribution in [0, 0.1) is 6.92 Å². The quantitative estimate of drug-likeness (QED) is 0.846. The fourth-order valence-corrected chi connectivity index (χ4v) is 1.98. The maximum absolute atomic E-state index is 6.02. The first-order chi connectivity index (χ1) is 8.06. The SMILES string of the molecule is Cc1ccc(N)cc1Oc1ncc(Br)cc1Cl. The minimum atomic E-state index is 0.364. The minimum absolute atomic E-state index is 0.364. The maximum Gasteiger partial charge on any atom is 0.238 e. The molecular formula is C12H10BrClN2O. The van der Waals surface area contributed by atoms with Gasteiger partial charge in [0.25, 0.3) is 0 Å². The van der Waals surface area contributed by atoms with Gasteiger partial charge in [-0.15, -0.1) is 0 Å². The van der Waals surface area contributed by atoms with E-state index >= 15 is 0 Å². The highest BCUT2D eigenvalue weighted by molar-refractivity contribution is 9.10. The lowest BCUT2D eigenvalue weighted by Gasteiger charge is -2.09. The molecule has 0 aliphatic rings. The maximum atomic E-state index is 6.02. The Labute approximate surface area is 113 Å². The summed E-state index contributed by atoms with van der Waals surface area (Å²) in [5.41, 5.74) is 7.31. The van der Waals surface area contributed by atoms with E-state index in [1.807, 2.05) is 19.1 Å². The Hall–Kier alpha value is -1.26. The number of nitrogens with zero attached hydrogens (tertiary/aromatic N) is 1. The molecule has 5 heteroatoms. The molecule has 0 bridgehead atoms. The number of ether oxygens (including phenoxy) is 1. The van der Waals surface area contributed by atoms with Gasteiger partial charge in [0.15, 0.2) is 0 Å². The number of hydrogen-bond acceptors (Lipinski definition) is 3. The molecule has 0 spiro atoms. The van der Waals surface area contributed by atoms with Gasteiger partial charge < -0.3 is 10.5 Å². The summed E-state index contributed by atoms with van der Waals surface area (Å²) in [4.78, 5) is 4.10. The van der Waals surface area contributed by atoms with Crippen molar-refractivity contribution in [2.24, 2.45) is 0 Å². The van der Waals surface area contributed by atoms with Gasteiger partial charge in [0, 0.05) is 22.4 Å². The van der Waals surface area contributed by atoms with Crippen LogP contribution in [0.4, 0.5) is 5.69 Å². The largest absolute Gasteiger partial charge is 0.437 e. The number of pyridine rings is 1. The number of rotatable bonds is 2. The third-order valence-electron chi connectivity index (χ3n) is 2.19. The highest BCUT2D eigenvalue weighted by atomic mass is 79.9. The molecule has 17 heavy (non-hydrogen) atoms. The van der Waals surface area contributed by atoms with Crippen LogP contribution < -0.4 is 10.5 Å². The number of halogens is 2.